The van der Waals surface area contributed by atoms with E-state index in [2.05, 4.69) is 5.32 Å². The molecule has 0 bridgehead atoms. The summed E-state index contributed by atoms with van der Waals surface area (Å²) < 4.78 is 45.9. The van der Waals surface area contributed by atoms with E-state index in [-0.39, 0.29) is 29.2 Å². The molecule has 2 aromatic rings. The zero-order valence-corrected chi connectivity index (χ0v) is 18.0. The molecule has 1 fully saturated rings. The quantitative estimate of drug-likeness (QED) is 0.724. The summed E-state index contributed by atoms with van der Waals surface area (Å²) in [6.45, 7) is 4.71. The lowest BCUT2D eigenvalue weighted by Crippen LogP contribution is -2.45. The van der Waals surface area contributed by atoms with E-state index in [1.165, 1.54) is 28.6 Å². The number of amides is 1. The van der Waals surface area contributed by atoms with Crippen LogP contribution < -0.4 is 10.1 Å². The van der Waals surface area contributed by atoms with Crippen molar-refractivity contribution in [3.8, 4) is 5.75 Å². The molecule has 1 aliphatic rings. The molecule has 0 aliphatic carbocycles. The Kier molecular flexibility index (Phi) is 7.10. The number of hydrogen-bond acceptors (Lipinski definition) is 4. The number of rotatable bonds is 7. The molecule has 6 nitrogen and oxygen atoms in total. The predicted molar refractivity (Wildman–Crippen MR) is 112 cm³/mol. The highest BCUT2D eigenvalue weighted by Gasteiger charge is 2.33. The summed E-state index contributed by atoms with van der Waals surface area (Å²) in [5.41, 5.74) is 0.791. The topological polar surface area (TPSA) is 75.7 Å². The molecule has 2 aromatic carbocycles. The first-order valence-electron chi connectivity index (χ1n) is 10.1. The molecule has 0 aromatic heterocycles. The van der Waals surface area contributed by atoms with Gasteiger partial charge in [0.25, 0.3) is 0 Å². The summed E-state index contributed by atoms with van der Waals surface area (Å²) in [5.74, 6) is -0.348. The van der Waals surface area contributed by atoms with Gasteiger partial charge < -0.3 is 10.1 Å². The number of ether oxygens (including phenoxy) is 1. The molecule has 1 N–H and O–H groups in total. The van der Waals surface area contributed by atoms with Gasteiger partial charge in [-0.1, -0.05) is 12.1 Å². The fourth-order valence-electron chi connectivity index (χ4n) is 3.56. The van der Waals surface area contributed by atoms with Crippen molar-refractivity contribution >= 4 is 15.9 Å². The van der Waals surface area contributed by atoms with Crippen LogP contribution in [-0.2, 0) is 14.8 Å². The van der Waals surface area contributed by atoms with E-state index in [0.29, 0.717) is 31.7 Å². The fraction of sp³-hybridized carbons (Fsp3) is 0.409. The Hall–Kier alpha value is -2.45. The minimum Gasteiger partial charge on any atom is -0.494 e. The Morgan fingerprint density at radius 2 is 1.87 bits per heavy atom. The smallest absolute Gasteiger partial charge is 0.243 e. The number of benzene rings is 2. The average molecular weight is 435 g/mol. The van der Waals surface area contributed by atoms with Crippen LogP contribution in [0.3, 0.4) is 0 Å². The van der Waals surface area contributed by atoms with Gasteiger partial charge >= 0.3 is 0 Å². The number of hydrogen-bond donors (Lipinski definition) is 1. The van der Waals surface area contributed by atoms with Gasteiger partial charge in [0.1, 0.15) is 11.6 Å². The maximum Gasteiger partial charge on any atom is 0.243 e. The monoisotopic (exact) mass is 434 g/mol. The van der Waals surface area contributed by atoms with Crippen molar-refractivity contribution in [3.05, 3.63) is 59.9 Å². The zero-order valence-electron chi connectivity index (χ0n) is 17.2. The van der Waals surface area contributed by atoms with Gasteiger partial charge in [-0.05, 0) is 68.7 Å². The third-order valence-corrected chi connectivity index (χ3v) is 7.14. The summed E-state index contributed by atoms with van der Waals surface area (Å²) in [7, 11) is -3.69. The number of sulfonamides is 1. The summed E-state index contributed by atoms with van der Waals surface area (Å²) >= 11 is 0. The van der Waals surface area contributed by atoms with Gasteiger partial charge in [0.05, 0.1) is 23.5 Å². The molecule has 0 unspecified atom stereocenters. The first-order valence-corrected chi connectivity index (χ1v) is 11.5. The van der Waals surface area contributed by atoms with Gasteiger partial charge in [-0.3, -0.25) is 4.79 Å². The van der Waals surface area contributed by atoms with Gasteiger partial charge in [0.15, 0.2) is 0 Å². The second-order valence-corrected chi connectivity index (χ2v) is 9.33. The molecule has 3 rings (SSSR count). The minimum absolute atomic E-state index is 0.136. The molecule has 0 spiro atoms. The van der Waals surface area contributed by atoms with Crippen LogP contribution >= 0.6 is 0 Å². The molecular weight excluding hydrogens is 407 g/mol. The van der Waals surface area contributed by atoms with E-state index in [9.17, 15) is 17.6 Å². The van der Waals surface area contributed by atoms with Crippen molar-refractivity contribution in [2.24, 2.45) is 5.92 Å². The van der Waals surface area contributed by atoms with E-state index in [1.807, 2.05) is 13.8 Å². The zero-order chi connectivity index (χ0) is 21.7. The van der Waals surface area contributed by atoms with Gasteiger partial charge in [-0.15, -0.1) is 0 Å². The summed E-state index contributed by atoms with van der Waals surface area (Å²) in [6.07, 6.45) is 1.23. The van der Waals surface area contributed by atoms with Crippen LogP contribution in [-0.4, -0.2) is 38.3 Å². The lowest BCUT2D eigenvalue weighted by molar-refractivity contribution is -0.126. The lowest BCUT2D eigenvalue weighted by Gasteiger charge is -2.32. The molecule has 0 saturated carbocycles. The van der Waals surface area contributed by atoms with Crippen molar-refractivity contribution in [3.63, 3.8) is 0 Å². The second kappa shape index (κ2) is 9.57. The average Bonchev–Trinajstić information content (AvgIpc) is 2.75. The largest absolute Gasteiger partial charge is 0.494 e. The SMILES string of the molecule is CCOc1ccc(S(=O)(=O)N2CCC[C@H](C(=O)N[C@@H](C)c3ccc(F)cc3)C2)cc1. The number of nitrogens with zero attached hydrogens (tertiary/aromatic N) is 1. The number of piperidine rings is 1. The van der Waals surface area contributed by atoms with Crippen LogP contribution in [0.4, 0.5) is 4.39 Å². The van der Waals surface area contributed by atoms with Gasteiger partial charge in [0.2, 0.25) is 15.9 Å². The van der Waals surface area contributed by atoms with Crippen molar-refractivity contribution in [2.75, 3.05) is 19.7 Å². The predicted octanol–water partition coefficient (Wildman–Crippen LogP) is 3.50. The number of halogens is 1. The summed E-state index contributed by atoms with van der Waals surface area (Å²) in [4.78, 5) is 12.9. The first-order chi connectivity index (χ1) is 14.3. The minimum atomic E-state index is -3.69. The normalized spacial score (nSPS) is 18.6. The number of carbonyl (C=O) groups excluding carboxylic acids is 1. The van der Waals surface area contributed by atoms with E-state index in [4.69, 9.17) is 4.74 Å². The Bertz CT molecular complexity index is 962. The highest BCUT2D eigenvalue weighted by molar-refractivity contribution is 7.89. The molecular formula is C22H27FN2O4S. The number of nitrogens with one attached hydrogen (secondary N) is 1. The lowest BCUT2D eigenvalue weighted by atomic mass is 9.98. The third-order valence-electron chi connectivity index (χ3n) is 5.26. The molecule has 1 heterocycles. The first kappa shape index (κ1) is 22.2. The van der Waals surface area contributed by atoms with E-state index in [1.54, 1.807) is 24.3 Å². The highest BCUT2D eigenvalue weighted by atomic mass is 32.2. The molecule has 2 atom stereocenters. The van der Waals surface area contributed by atoms with Gasteiger partial charge in [-0.2, -0.15) is 4.31 Å². The van der Waals surface area contributed by atoms with Crippen molar-refractivity contribution < 1.29 is 22.3 Å². The third kappa shape index (κ3) is 5.17. The van der Waals surface area contributed by atoms with Crippen molar-refractivity contribution in [2.45, 2.75) is 37.6 Å². The molecule has 1 saturated heterocycles. The summed E-state index contributed by atoms with van der Waals surface area (Å²) in [6, 6.07) is 12.0. The Labute approximate surface area is 177 Å². The second-order valence-electron chi connectivity index (χ2n) is 7.39. The molecule has 0 radical (unpaired) electrons. The maximum atomic E-state index is 13.1. The van der Waals surface area contributed by atoms with Crippen LogP contribution in [0.15, 0.2) is 53.4 Å². The van der Waals surface area contributed by atoms with E-state index >= 15 is 0 Å². The van der Waals surface area contributed by atoms with Crippen LogP contribution in [0.25, 0.3) is 0 Å². The Morgan fingerprint density at radius 1 is 1.20 bits per heavy atom. The standard InChI is InChI=1S/C22H27FN2O4S/c1-3-29-20-10-12-21(13-11-20)30(27,28)25-14-4-5-18(15-25)22(26)24-16(2)17-6-8-19(23)9-7-17/h6-13,16,18H,3-5,14-15H2,1-2H3,(H,24,26)/t16-,18-/m0/s1. The van der Waals surface area contributed by atoms with Crippen LogP contribution in [0.1, 0.15) is 38.3 Å². The molecule has 8 heteroatoms. The molecule has 1 aliphatic heterocycles. The Balaban J connectivity index is 1.66. The van der Waals surface area contributed by atoms with Crippen molar-refractivity contribution in [1.29, 1.82) is 0 Å². The van der Waals surface area contributed by atoms with Crippen molar-refractivity contribution in [1.82, 2.24) is 9.62 Å². The summed E-state index contributed by atoms with van der Waals surface area (Å²) in [5, 5.41) is 2.92. The molecule has 1 amide bonds. The van der Waals surface area contributed by atoms with Gasteiger partial charge in [-0.25, -0.2) is 12.8 Å². The van der Waals surface area contributed by atoms with Crippen LogP contribution in [0.2, 0.25) is 0 Å². The van der Waals surface area contributed by atoms with E-state index in [0.717, 1.165) is 5.56 Å². The molecule has 162 valence electrons. The number of carbonyl (C=O) groups is 1. The van der Waals surface area contributed by atoms with Crippen LogP contribution in [0, 0.1) is 11.7 Å². The van der Waals surface area contributed by atoms with Crippen LogP contribution in [0.5, 0.6) is 5.75 Å². The van der Waals surface area contributed by atoms with E-state index < -0.39 is 15.9 Å². The Morgan fingerprint density at radius 3 is 2.50 bits per heavy atom. The maximum absolute atomic E-state index is 13.1. The van der Waals surface area contributed by atoms with Gasteiger partial charge in [0, 0.05) is 13.1 Å². The fourth-order valence-corrected chi connectivity index (χ4v) is 5.09. The molecule has 30 heavy (non-hydrogen) atoms. The highest BCUT2D eigenvalue weighted by Crippen LogP contribution is 2.26.